The minimum Gasteiger partial charge on any atom is -0.497 e. The molecule has 7 heteroatoms. The number of carbonyl (C=O) groups is 2. The number of aromatic nitrogens is 1. The fourth-order valence-corrected chi connectivity index (χ4v) is 4.66. The molecular formula is C28H30ClN3O3. The summed E-state index contributed by atoms with van der Waals surface area (Å²) >= 11 is 6.15. The van der Waals surface area contributed by atoms with Gasteiger partial charge in [-0.25, -0.2) is 0 Å². The van der Waals surface area contributed by atoms with Gasteiger partial charge in [0.2, 0.25) is 5.91 Å². The summed E-state index contributed by atoms with van der Waals surface area (Å²) in [5, 5.41) is 3.78. The standard InChI is InChI=1S/C28H30ClN3O3/c1-35-24-11-7-8-20(18-24)19-32(28(34)25-12-5-6-17-30-25)26(21-13-15-22(29)16-14-21)27(33)31-23-9-3-2-4-10-23/h5-8,11-18,23,26H,2-4,9-10,19H2,1H3,(H,31,33)/t26-/m1/s1. The molecule has 4 rings (SSSR count). The Morgan fingerprint density at radius 1 is 1.06 bits per heavy atom. The van der Waals surface area contributed by atoms with Crippen LogP contribution >= 0.6 is 11.6 Å². The van der Waals surface area contributed by atoms with Crippen molar-refractivity contribution in [3.8, 4) is 5.75 Å². The van der Waals surface area contributed by atoms with E-state index in [1.807, 2.05) is 24.3 Å². The highest BCUT2D eigenvalue weighted by molar-refractivity contribution is 6.30. The summed E-state index contributed by atoms with van der Waals surface area (Å²) in [5.41, 5.74) is 1.81. The van der Waals surface area contributed by atoms with Crippen molar-refractivity contribution in [1.82, 2.24) is 15.2 Å². The zero-order valence-electron chi connectivity index (χ0n) is 19.8. The van der Waals surface area contributed by atoms with Crippen LogP contribution in [-0.2, 0) is 11.3 Å². The number of amides is 2. The Morgan fingerprint density at radius 2 is 1.83 bits per heavy atom. The largest absolute Gasteiger partial charge is 0.497 e. The van der Waals surface area contributed by atoms with E-state index < -0.39 is 6.04 Å². The van der Waals surface area contributed by atoms with Crippen LogP contribution in [0.1, 0.15) is 59.8 Å². The number of carbonyl (C=O) groups excluding carboxylic acids is 2. The van der Waals surface area contributed by atoms with Crippen LogP contribution < -0.4 is 10.1 Å². The number of rotatable bonds is 8. The van der Waals surface area contributed by atoms with E-state index in [2.05, 4.69) is 10.3 Å². The molecule has 1 aliphatic carbocycles. The smallest absolute Gasteiger partial charge is 0.273 e. The minimum absolute atomic E-state index is 0.106. The lowest BCUT2D eigenvalue weighted by molar-refractivity contribution is -0.127. The van der Waals surface area contributed by atoms with Crippen LogP contribution in [0.25, 0.3) is 0 Å². The molecule has 0 aliphatic heterocycles. The number of hydrogen-bond donors (Lipinski definition) is 1. The van der Waals surface area contributed by atoms with Gasteiger partial charge in [-0.1, -0.05) is 61.2 Å². The Morgan fingerprint density at radius 3 is 2.51 bits per heavy atom. The molecule has 1 fully saturated rings. The third-order valence-corrected chi connectivity index (χ3v) is 6.58. The average molecular weight is 492 g/mol. The Bertz CT molecular complexity index is 1130. The molecule has 1 saturated carbocycles. The van der Waals surface area contributed by atoms with Gasteiger partial charge in [-0.15, -0.1) is 0 Å². The summed E-state index contributed by atoms with van der Waals surface area (Å²) < 4.78 is 5.38. The molecule has 1 atom stereocenters. The van der Waals surface area contributed by atoms with Gasteiger partial charge in [-0.3, -0.25) is 14.6 Å². The van der Waals surface area contributed by atoms with Gasteiger partial charge in [-0.2, -0.15) is 0 Å². The van der Waals surface area contributed by atoms with E-state index in [-0.39, 0.29) is 30.1 Å². The Kier molecular flexibility index (Phi) is 8.37. The number of pyridine rings is 1. The van der Waals surface area contributed by atoms with Crippen molar-refractivity contribution in [2.24, 2.45) is 0 Å². The number of nitrogens with zero attached hydrogens (tertiary/aromatic N) is 2. The van der Waals surface area contributed by atoms with Crippen molar-refractivity contribution < 1.29 is 14.3 Å². The van der Waals surface area contributed by atoms with Crippen molar-refractivity contribution in [1.29, 1.82) is 0 Å². The number of methoxy groups -OCH3 is 1. The van der Waals surface area contributed by atoms with Crippen molar-refractivity contribution >= 4 is 23.4 Å². The van der Waals surface area contributed by atoms with E-state index in [1.54, 1.807) is 60.7 Å². The van der Waals surface area contributed by atoms with Crippen molar-refractivity contribution in [2.75, 3.05) is 7.11 Å². The van der Waals surface area contributed by atoms with Crippen molar-refractivity contribution in [3.05, 3.63) is 94.8 Å². The zero-order valence-corrected chi connectivity index (χ0v) is 20.6. The number of benzene rings is 2. The Balaban J connectivity index is 1.74. The summed E-state index contributed by atoms with van der Waals surface area (Å²) in [4.78, 5) is 33.5. The summed E-state index contributed by atoms with van der Waals surface area (Å²) in [6.07, 6.45) is 6.85. The fourth-order valence-electron chi connectivity index (χ4n) is 4.53. The molecule has 0 unspecified atom stereocenters. The molecule has 1 aromatic heterocycles. The summed E-state index contributed by atoms with van der Waals surface area (Å²) in [6, 6.07) is 19.0. The van der Waals surface area contributed by atoms with E-state index >= 15 is 0 Å². The van der Waals surface area contributed by atoms with Crippen LogP contribution in [0.15, 0.2) is 72.9 Å². The first-order valence-corrected chi connectivity index (χ1v) is 12.3. The summed E-state index contributed by atoms with van der Waals surface area (Å²) in [5.74, 6) is 0.154. The van der Waals surface area contributed by atoms with E-state index in [0.29, 0.717) is 16.3 Å². The van der Waals surface area contributed by atoms with E-state index in [1.165, 1.54) is 6.42 Å². The van der Waals surface area contributed by atoms with Gasteiger partial charge in [0.1, 0.15) is 17.5 Å². The van der Waals surface area contributed by atoms with Gasteiger partial charge in [0.05, 0.1) is 7.11 Å². The molecule has 0 bridgehead atoms. The second-order valence-electron chi connectivity index (χ2n) is 8.80. The lowest BCUT2D eigenvalue weighted by Crippen LogP contribution is -2.47. The number of halogens is 1. The number of hydrogen-bond acceptors (Lipinski definition) is 4. The van der Waals surface area contributed by atoms with Crippen LogP contribution in [0.4, 0.5) is 0 Å². The van der Waals surface area contributed by atoms with Gasteiger partial charge in [0.25, 0.3) is 5.91 Å². The van der Waals surface area contributed by atoms with Crippen LogP contribution in [0.2, 0.25) is 5.02 Å². The maximum absolute atomic E-state index is 13.8. The van der Waals surface area contributed by atoms with Crippen LogP contribution in [-0.4, -0.2) is 34.8 Å². The lowest BCUT2D eigenvalue weighted by atomic mass is 9.94. The highest BCUT2D eigenvalue weighted by Crippen LogP contribution is 2.28. The fraction of sp³-hybridized carbons (Fsp3) is 0.321. The molecule has 35 heavy (non-hydrogen) atoms. The highest BCUT2D eigenvalue weighted by Gasteiger charge is 2.34. The van der Waals surface area contributed by atoms with Gasteiger partial charge in [0.15, 0.2) is 0 Å². The maximum Gasteiger partial charge on any atom is 0.273 e. The monoisotopic (exact) mass is 491 g/mol. The van der Waals surface area contributed by atoms with Crippen LogP contribution in [0, 0.1) is 0 Å². The molecule has 182 valence electrons. The third kappa shape index (κ3) is 6.40. The molecule has 2 aromatic carbocycles. The van der Waals surface area contributed by atoms with Crippen LogP contribution in [0.3, 0.4) is 0 Å². The average Bonchev–Trinajstić information content (AvgIpc) is 2.90. The number of ether oxygens (including phenoxy) is 1. The Hall–Kier alpha value is -3.38. The molecule has 0 radical (unpaired) electrons. The summed E-state index contributed by atoms with van der Waals surface area (Å²) in [6.45, 7) is 0.206. The first-order valence-electron chi connectivity index (χ1n) is 12.0. The van der Waals surface area contributed by atoms with Gasteiger partial charge in [0, 0.05) is 23.8 Å². The molecule has 3 aromatic rings. The molecule has 1 aliphatic rings. The first kappa shape index (κ1) is 24.7. The predicted octanol–water partition coefficient (Wildman–Crippen LogP) is 5.58. The highest BCUT2D eigenvalue weighted by atomic mass is 35.5. The van der Waals surface area contributed by atoms with Gasteiger partial charge in [-0.05, 0) is 60.4 Å². The quantitative estimate of drug-likeness (QED) is 0.446. The number of nitrogens with one attached hydrogen (secondary N) is 1. The second-order valence-corrected chi connectivity index (χ2v) is 9.23. The van der Waals surface area contributed by atoms with E-state index in [0.717, 1.165) is 31.2 Å². The SMILES string of the molecule is COc1cccc(CN(C(=O)c2ccccn2)[C@@H](C(=O)NC2CCCCC2)c2ccc(Cl)cc2)c1. The molecule has 0 saturated heterocycles. The van der Waals surface area contributed by atoms with Crippen molar-refractivity contribution in [2.45, 2.75) is 50.7 Å². The summed E-state index contributed by atoms with van der Waals surface area (Å²) in [7, 11) is 1.60. The second kappa shape index (κ2) is 11.8. The van der Waals surface area contributed by atoms with Gasteiger partial charge < -0.3 is 15.0 Å². The van der Waals surface area contributed by atoms with E-state index in [4.69, 9.17) is 16.3 Å². The van der Waals surface area contributed by atoms with Gasteiger partial charge >= 0.3 is 0 Å². The maximum atomic E-state index is 13.8. The van der Waals surface area contributed by atoms with Crippen molar-refractivity contribution in [3.63, 3.8) is 0 Å². The molecule has 0 spiro atoms. The predicted molar refractivity (Wildman–Crippen MR) is 136 cm³/mol. The zero-order chi connectivity index (χ0) is 24.6. The molecule has 1 N–H and O–H groups in total. The molecular weight excluding hydrogens is 462 g/mol. The minimum atomic E-state index is -0.852. The third-order valence-electron chi connectivity index (χ3n) is 6.33. The lowest BCUT2D eigenvalue weighted by Gasteiger charge is -2.33. The van der Waals surface area contributed by atoms with Crippen LogP contribution in [0.5, 0.6) is 5.75 Å². The molecule has 1 heterocycles. The topological polar surface area (TPSA) is 71.5 Å². The first-order chi connectivity index (χ1) is 17.0. The normalized spacial score (nSPS) is 14.7. The molecule has 6 nitrogen and oxygen atoms in total. The molecule has 2 amide bonds. The Labute approximate surface area is 211 Å². The van der Waals surface area contributed by atoms with E-state index in [9.17, 15) is 9.59 Å².